The number of allylic oxidation sites excluding steroid dienone is 4. The molecule has 4 rings (SSSR count). The van der Waals surface area contributed by atoms with E-state index < -0.39 is 7.75 Å². The fourth-order valence-electron chi connectivity index (χ4n) is 10.9. The highest BCUT2D eigenvalue weighted by Crippen LogP contribution is 2.67. The second-order valence-corrected chi connectivity index (χ2v) is 20.4. The first-order valence-electron chi connectivity index (χ1n) is 22.8. The number of nitrogens with zero attached hydrogens (tertiary/aromatic N) is 3. The van der Waals surface area contributed by atoms with Crippen molar-refractivity contribution < 1.29 is 27.9 Å². The highest BCUT2D eigenvalue weighted by atomic mass is 31.2. The fraction of sp³-hybridized carbons (Fsp3) is 0.739. The second kappa shape index (κ2) is 24.0. The van der Waals surface area contributed by atoms with Crippen LogP contribution in [0.25, 0.3) is 0 Å². The molecule has 8 atom stereocenters. The van der Waals surface area contributed by atoms with Gasteiger partial charge in [-0.3, -0.25) is 24.0 Å². The Morgan fingerprint density at radius 1 is 0.934 bits per heavy atom. The maximum Gasteiger partial charge on any atom is 0.405 e. The number of aliphatic imine (C=N–C) groups is 3. The van der Waals surface area contributed by atoms with Crippen LogP contribution in [0.1, 0.15) is 112 Å². The lowest BCUT2D eigenvalue weighted by Crippen LogP contribution is -2.51. The molecule has 61 heavy (non-hydrogen) atoms. The molecule has 0 heterocycles. The van der Waals surface area contributed by atoms with Crippen LogP contribution in [0.2, 0.25) is 0 Å². The zero-order valence-corrected chi connectivity index (χ0v) is 39.0. The first kappa shape index (κ1) is 50.4. The molecule has 4 aliphatic carbocycles. The molecular formula is C46H79N8O6P. The van der Waals surface area contributed by atoms with Crippen molar-refractivity contribution in [3.8, 4) is 0 Å². The Morgan fingerprint density at radius 2 is 1.64 bits per heavy atom. The van der Waals surface area contributed by atoms with Crippen LogP contribution in [0.5, 0.6) is 0 Å². The van der Waals surface area contributed by atoms with Gasteiger partial charge in [-0.25, -0.2) is 14.4 Å². The number of guanidine groups is 2. The number of hydrogen-bond donors (Lipinski definition) is 5. The summed E-state index contributed by atoms with van der Waals surface area (Å²) in [4.78, 5) is 25.4. The predicted octanol–water partition coefficient (Wildman–Crippen LogP) is 7.36. The zero-order chi connectivity index (χ0) is 44.6. The normalized spacial score (nSPS) is 28.2. The molecule has 0 aromatic rings. The third kappa shape index (κ3) is 14.6. The third-order valence-electron chi connectivity index (χ3n) is 14.0. The number of carbonyl (C=O) groups excluding carboxylic acids is 1. The molecule has 0 spiro atoms. The summed E-state index contributed by atoms with van der Waals surface area (Å²) in [5.74, 6) is 4.32. The molecule has 3 saturated carbocycles. The molecule has 4 aliphatic rings. The van der Waals surface area contributed by atoms with Gasteiger partial charge in [0.2, 0.25) is 0 Å². The van der Waals surface area contributed by atoms with Crippen molar-refractivity contribution in [3.05, 3.63) is 47.6 Å². The van der Waals surface area contributed by atoms with E-state index in [1.54, 1.807) is 24.4 Å². The number of nitrogens with two attached hydrogens (primary N) is 4. The largest absolute Gasteiger partial charge is 0.458 e. The van der Waals surface area contributed by atoms with Crippen LogP contribution >= 0.6 is 7.75 Å². The number of rotatable bonds is 25. The molecule has 0 aromatic carbocycles. The van der Waals surface area contributed by atoms with Crippen molar-refractivity contribution in [1.29, 1.82) is 0 Å². The maximum atomic E-state index is 13.4. The minimum Gasteiger partial charge on any atom is -0.458 e. The third-order valence-corrected chi connectivity index (χ3v) is 15.7. The maximum absolute atomic E-state index is 13.4. The van der Waals surface area contributed by atoms with E-state index in [0.29, 0.717) is 29.7 Å². The van der Waals surface area contributed by atoms with Gasteiger partial charge >= 0.3 is 13.7 Å². The van der Waals surface area contributed by atoms with Crippen LogP contribution < -0.4 is 28.0 Å². The Hall–Kier alpha value is -3.29. The van der Waals surface area contributed by atoms with Crippen molar-refractivity contribution in [2.75, 3.05) is 52.6 Å². The van der Waals surface area contributed by atoms with Crippen LogP contribution in [-0.4, -0.2) is 82.8 Å². The highest BCUT2D eigenvalue weighted by molar-refractivity contribution is 7.51. The lowest BCUT2D eigenvalue weighted by Gasteiger charge is -2.58. The number of carbonyl (C=O) groups is 1. The molecule has 0 saturated heterocycles. The standard InChI is InChI=1S/C46H79N8O6P/c1-8-35(13-12-33(4)31-51-22-26-57-27-25-54-61(56,58-28-23-52-43(47)48)59-29-24-53-44(49)50)42(55)60-37-18-20-45(6)36(30-37)14-15-38-40-17-16-39(34(5)11-9-10-32(2)3)46(40,7)21-19-41(38)45/h8,12-14,31-32,34,37-41H,4,9-11,15-30H2,1-3,5-7H3,(H,54,56)(H4,47,48,52)(H4,49,50,53). The van der Waals surface area contributed by atoms with Gasteiger partial charge in [-0.1, -0.05) is 84.3 Å². The molecule has 344 valence electrons. The summed E-state index contributed by atoms with van der Waals surface area (Å²) in [5, 5.41) is 2.75. The Labute approximate surface area is 366 Å². The highest BCUT2D eigenvalue weighted by Gasteiger charge is 2.59. The van der Waals surface area contributed by atoms with E-state index in [0.717, 1.165) is 54.8 Å². The molecular weight excluding hydrogens is 792 g/mol. The van der Waals surface area contributed by atoms with Gasteiger partial charge in [0, 0.05) is 19.2 Å². The van der Waals surface area contributed by atoms with Crippen LogP contribution in [-0.2, 0) is 27.9 Å². The average Bonchev–Trinajstić information content (AvgIpc) is 3.56. The lowest BCUT2D eigenvalue weighted by molar-refractivity contribution is -0.146. The van der Waals surface area contributed by atoms with E-state index in [-0.39, 0.29) is 68.9 Å². The smallest absolute Gasteiger partial charge is 0.405 e. The summed E-state index contributed by atoms with van der Waals surface area (Å²) in [7, 11) is -3.70. The average molecular weight is 871 g/mol. The van der Waals surface area contributed by atoms with Crippen molar-refractivity contribution in [2.24, 2.45) is 84.2 Å². The van der Waals surface area contributed by atoms with Gasteiger partial charge in [-0.2, -0.15) is 0 Å². The van der Waals surface area contributed by atoms with E-state index in [2.05, 4.69) is 67.3 Å². The van der Waals surface area contributed by atoms with Gasteiger partial charge in [0.05, 0.1) is 51.6 Å². The Balaban J connectivity index is 1.18. The van der Waals surface area contributed by atoms with E-state index in [4.69, 9.17) is 41.5 Å². The Bertz CT molecular complexity index is 1660. The summed E-state index contributed by atoms with van der Waals surface area (Å²) < 4.78 is 35.6. The molecule has 14 nitrogen and oxygen atoms in total. The van der Waals surface area contributed by atoms with Crippen molar-refractivity contribution >= 4 is 31.8 Å². The first-order valence-corrected chi connectivity index (χ1v) is 24.3. The molecule has 0 amide bonds. The fourth-order valence-corrected chi connectivity index (χ4v) is 12.2. The van der Waals surface area contributed by atoms with Gasteiger partial charge in [-0.15, -0.1) is 0 Å². The minimum atomic E-state index is -3.70. The summed E-state index contributed by atoms with van der Waals surface area (Å²) in [6.07, 6.45) is 23.0. The van der Waals surface area contributed by atoms with Crippen molar-refractivity contribution in [2.45, 2.75) is 118 Å². The van der Waals surface area contributed by atoms with Crippen molar-refractivity contribution in [1.82, 2.24) is 5.09 Å². The molecule has 8 unspecified atom stereocenters. The molecule has 15 heteroatoms. The SMILES string of the molecule is C=C(C=CC(=CC)C(=O)OC1CCC2(C)C(=CCC3C2CCC2(C)C(C(C)CCCC(C)C)CCC32)C1)C=NCCOCCNP(=O)(OCCN=C(N)N)OCCN=C(N)N. The van der Waals surface area contributed by atoms with Gasteiger partial charge in [0.15, 0.2) is 11.9 Å². The second-order valence-electron chi connectivity index (χ2n) is 18.5. The van der Waals surface area contributed by atoms with Gasteiger partial charge < -0.3 is 32.4 Å². The van der Waals surface area contributed by atoms with E-state index in [1.807, 2.05) is 6.92 Å². The summed E-state index contributed by atoms with van der Waals surface area (Å²) in [6.45, 7) is 19.6. The minimum absolute atomic E-state index is 0.0345. The van der Waals surface area contributed by atoms with Crippen LogP contribution in [0.15, 0.2) is 62.6 Å². The predicted molar refractivity (Wildman–Crippen MR) is 248 cm³/mol. The number of hydrogen-bond acceptors (Lipinski definition) is 9. The van der Waals surface area contributed by atoms with Crippen LogP contribution in [0.4, 0.5) is 0 Å². The molecule has 0 bridgehead atoms. The summed E-state index contributed by atoms with van der Waals surface area (Å²) in [6, 6.07) is 0. The van der Waals surface area contributed by atoms with Gasteiger partial charge in [-0.05, 0) is 110 Å². The van der Waals surface area contributed by atoms with E-state index in [1.165, 1.54) is 56.9 Å². The first-order chi connectivity index (χ1) is 29.0. The van der Waals surface area contributed by atoms with E-state index >= 15 is 0 Å². The topological polar surface area (TPSA) is 224 Å². The van der Waals surface area contributed by atoms with Crippen molar-refractivity contribution in [3.63, 3.8) is 0 Å². The lowest BCUT2D eigenvalue weighted by atomic mass is 9.47. The molecule has 9 N–H and O–H groups in total. The Kier molecular flexibility index (Phi) is 19.8. The summed E-state index contributed by atoms with van der Waals surface area (Å²) >= 11 is 0. The molecule has 0 aliphatic heterocycles. The van der Waals surface area contributed by atoms with Crippen LogP contribution in [0, 0.1) is 46.3 Å². The van der Waals surface area contributed by atoms with Crippen LogP contribution in [0.3, 0.4) is 0 Å². The number of fused-ring (bicyclic) bond motifs is 5. The van der Waals surface area contributed by atoms with Gasteiger partial charge in [0.1, 0.15) is 6.10 Å². The number of nitrogens with one attached hydrogen (secondary N) is 1. The Morgan fingerprint density at radius 3 is 2.30 bits per heavy atom. The number of ether oxygens (including phenoxy) is 2. The molecule has 0 aromatic heterocycles. The van der Waals surface area contributed by atoms with E-state index in [9.17, 15) is 9.36 Å². The monoisotopic (exact) mass is 871 g/mol. The van der Waals surface area contributed by atoms with Gasteiger partial charge in [0.25, 0.3) is 0 Å². The number of esters is 1. The molecule has 3 fully saturated rings. The summed E-state index contributed by atoms with van der Waals surface area (Å²) in [5.41, 5.74) is 24.7. The quantitative estimate of drug-likeness (QED) is 0.00891. The zero-order valence-electron chi connectivity index (χ0n) is 38.1. The molecule has 0 radical (unpaired) electrons.